The third-order valence-corrected chi connectivity index (χ3v) is 2.47. The molecule has 1 aromatic heterocycles. The molecule has 15 heavy (non-hydrogen) atoms. The van der Waals surface area contributed by atoms with Crippen molar-refractivity contribution in [1.82, 2.24) is 9.97 Å². The molecule has 0 saturated carbocycles. The highest BCUT2D eigenvalue weighted by atomic mass is 79.9. The van der Waals surface area contributed by atoms with Crippen LogP contribution in [0.1, 0.15) is 5.56 Å². The van der Waals surface area contributed by atoms with Crippen molar-refractivity contribution in [2.24, 2.45) is 0 Å². The van der Waals surface area contributed by atoms with Crippen LogP contribution in [0.15, 0.2) is 24.5 Å². The van der Waals surface area contributed by atoms with Gasteiger partial charge in [0.25, 0.3) is 0 Å². The van der Waals surface area contributed by atoms with E-state index in [1.54, 1.807) is 0 Å². The second kappa shape index (κ2) is 4.61. The molecular formula is C11H6BrClN2. The standard InChI is InChI=1S/C11H6BrClN2/c12-5-1-2-8-3-4-10-9(6-8)11(13)15-7-14-10/h3-4,6-7H,5H2. The van der Waals surface area contributed by atoms with Crippen LogP contribution in [-0.4, -0.2) is 15.3 Å². The molecule has 2 aromatic rings. The second-order valence-electron chi connectivity index (χ2n) is 2.83. The van der Waals surface area contributed by atoms with E-state index in [4.69, 9.17) is 11.6 Å². The Hall–Kier alpha value is -1.11. The van der Waals surface area contributed by atoms with Crippen LogP contribution in [0.3, 0.4) is 0 Å². The highest BCUT2D eigenvalue weighted by Gasteiger charge is 2.00. The summed E-state index contributed by atoms with van der Waals surface area (Å²) in [6, 6.07) is 5.70. The first-order chi connectivity index (χ1) is 7.31. The van der Waals surface area contributed by atoms with Crippen LogP contribution < -0.4 is 0 Å². The molecule has 0 atom stereocenters. The Labute approximate surface area is 101 Å². The normalized spacial score (nSPS) is 9.73. The Kier molecular flexibility index (Phi) is 3.20. The topological polar surface area (TPSA) is 25.8 Å². The summed E-state index contributed by atoms with van der Waals surface area (Å²) < 4.78 is 0. The van der Waals surface area contributed by atoms with Crippen LogP contribution in [0.4, 0.5) is 0 Å². The molecular weight excluding hydrogens is 275 g/mol. The minimum absolute atomic E-state index is 0.461. The first-order valence-electron chi connectivity index (χ1n) is 4.26. The van der Waals surface area contributed by atoms with Gasteiger partial charge in [0.2, 0.25) is 0 Å². The van der Waals surface area contributed by atoms with Crippen molar-refractivity contribution >= 4 is 38.4 Å². The molecule has 0 saturated heterocycles. The fourth-order valence-electron chi connectivity index (χ4n) is 1.24. The van der Waals surface area contributed by atoms with E-state index in [9.17, 15) is 0 Å². The quantitative estimate of drug-likeness (QED) is 0.421. The maximum Gasteiger partial charge on any atom is 0.140 e. The first kappa shape index (κ1) is 10.4. The van der Waals surface area contributed by atoms with E-state index >= 15 is 0 Å². The monoisotopic (exact) mass is 280 g/mol. The van der Waals surface area contributed by atoms with E-state index < -0.39 is 0 Å². The molecule has 0 spiro atoms. The number of hydrogen-bond donors (Lipinski definition) is 0. The molecule has 2 nitrogen and oxygen atoms in total. The lowest BCUT2D eigenvalue weighted by atomic mass is 10.1. The Bertz CT molecular complexity index is 557. The number of benzene rings is 1. The van der Waals surface area contributed by atoms with E-state index in [2.05, 4.69) is 37.7 Å². The second-order valence-corrected chi connectivity index (χ2v) is 3.75. The van der Waals surface area contributed by atoms with Crippen molar-refractivity contribution in [3.63, 3.8) is 0 Å². The van der Waals surface area contributed by atoms with Gasteiger partial charge < -0.3 is 0 Å². The molecule has 74 valence electrons. The Balaban J connectivity index is 2.59. The summed E-state index contributed by atoms with van der Waals surface area (Å²) in [5.74, 6) is 5.93. The minimum atomic E-state index is 0.461. The molecule has 0 aliphatic heterocycles. The van der Waals surface area contributed by atoms with Gasteiger partial charge in [-0.1, -0.05) is 39.4 Å². The fourth-order valence-corrected chi connectivity index (χ4v) is 1.57. The molecule has 4 heteroatoms. The summed E-state index contributed by atoms with van der Waals surface area (Å²) in [6.07, 6.45) is 1.45. The van der Waals surface area contributed by atoms with Crippen molar-refractivity contribution in [2.45, 2.75) is 0 Å². The molecule has 1 aromatic carbocycles. The zero-order valence-electron chi connectivity index (χ0n) is 7.67. The summed E-state index contributed by atoms with van der Waals surface area (Å²) in [7, 11) is 0. The van der Waals surface area contributed by atoms with Crippen molar-refractivity contribution in [3.8, 4) is 11.8 Å². The molecule has 1 heterocycles. The van der Waals surface area contributed by atoms with Gasteiger partial charge in [0, 0.05) is 10.9 Å². The number of nitrogens with zero attached hydrogens (tertiary/aromatic N) is 2. The van der Waals surface area contributed by atoms with Crippen LogP contribution in [0, 0.1) is 11.8 Å². The van der Waals surface area contributed by atoms with Gasteiger partial charge in [-0.3, -0.25) is 0 Å². The Morgan fingerprint density at radius 1 is 1.33 bits per heavy atom. The highest BCUT2D eigenvalue weighted by Crippen LogP contribution is 2.19. The molecule has 0 amide bonds. The average molecular weight is 282 g/mol. The van der Waals surface area contributed by atoms with Gasteiger partial charge in [-0.25, -0.2) is 9.97 Å². The molecule has 2 rings (SSSR count). The van der Waals surface area contributed by atoms with E-state index in [0.717, 1.165) is 16.5 Å². The van der Waals surface area contributed by atoms with E-state index in [0.29, 0.717) is 10.5 Å². The lowest BCUT2D eigenvalue weighted by molar-refractivity contribution is 1.22. The summed E-state index contributed by atoms with van der Waals surface area (Å²) in [4.78, 5) is 8.04. The molecule has 0 aliphatic carbocycles. The Morgan fingerprint density at radius 3 is 3.00 bits per heavy atom. The maximum absolute atomic E-state index is 5.95. The van der Waals surface area contributed by atoms with E-state index in [1.165, 1.54) is 6.33 Å². The van der Waals surface area contributed by atoms with Crippen LogP contribution >= 0.6 is 27.5 Å². The fraction of sp³-hybridized carbons (Fsp3) is 0.0909. The summed E-state index contributed by atoms with van der Waals surface area (Å²) in [6.45, 7) is 0. The van der Waals surface area contributed by atoms with Crippen LogP contribution in [0.2, 0.25) is 5.15 Å². The van der Waals surface area contributed by atoms with Crippen molar-refractivity contribution in [3.05, 3.63) is 35.2 Å². The van der Waals surface area contributed by atoms with Gasteiger partial charge in [-0.2, -0.15) is 0 Å². The number of fused-ring (bicyclic) bond motifs is 1. The number of halogens is 2. The zero-order valence-corrected chi connectivity index (χ0v) is 10.0. The van der Waals surface area contributed by atoms with Crippen LogP contribution in [-0.2, 0) is 0 Å². The predicted molar refractivity (Wildman–Crippen MR) is 65.2 cm³/mol. The van der Waals surface area contributed by atoms with Gasteiger partial charge >= 0.3 is 0 Å². The first-order valence-corrected chi connectivity index (χ1v) is 5.76. The Morgan fingerprint density at radius 2 is 2.20 bits per heavy atom. The number of rotatable bonds is 0. The van der Waals surface area contributed by atoms with Crippen molar-refractivity contribution in [1.29, 1.82) is 0 Å². The molecule has 0 bridgehead atoms. The van der Waals surface area contributed by atoms with Gasteiger partial charge in [0.1, 0.15) is 11.5 Å². The minimum Gasteiger partial charge on any atom is -0.236 e. The van der Waals surface area contributed by atoms with Gasteiger partial charge in [-0.05, 0) is 18.2 Å². The van der Waals surface area contributed by atoms with Gasteiger partial charge in [0.05, 0.1) is 10.8 Å². The lowest BCUT2D eigenvalue weighted by Gasteiger charge is -1.98. The highest BCUT2D eigenvalue weighted by molar-refractivity contribution is 9.09. The van der Waals surface area contributed by atoms with Gasteiger partial charge in [0.15, 0.2) is 0 Å². The molecule has 0 fully saturated rings. The number of alkyl halides is 1. The number of hydrogen-bond acceptors (Lipinski definition) is 2. The zero-order chi connectivity index (χ0) is 10.7. The van der Waals surface area contributed by atoms with Gasteiger partial charge in [-0.15, -0.1) is 0 Å². The van der Waals surface area contributed by atoms with E-state index in [1.807, 2.05) is 18.2 Å². The molecule has 0 aliphatic rings. The average Bonchev–Trinajstić information content (AvgIpc) is 2.27. The third kappa shape index (κ3) is 2.28. The molecule has 0 radical (unpaired) electrons. The van der Waals surface area contributed by atoms with Crippen LogP contribution in [0.5, 0.6) is 0 Å². The molecule has 0 unspecified atom stereocenters. The summed E-state index contributed by atoms with van der Waals surface area (Å²) in [5.41, 5.74) is 1.75. The van der Waals surface area contributed by atoms with Crippen molar-refractivity contribution < 1.29 is 0 Å². The third-order valence-electron chi connectivity index (χ3n) is 1.89. The lowest BCUT2D eigenvalue weighted by Crippen LogP contribution is -1.84. The summed E-state index contributed by atoms with van der Waals surface area (Å²) in [5, 5.41) is 1.95. The predicted octanol–water partition coefficient (Wildman–Crippen LogP) is 3.03. The maximum atomic E-state index is 5.95. The SMILES string of the molecule is Clc1ncnc2ccc(C#CCBr)cc12. The van der Waals surface area contributed by atoms with Crippen LogP contribution in [0.25, 0.3) is 10.9 Å². The smallest absolute Gasteiger partial charge is 0.140 e. The number of aromatic nitrogens is 2. The summed E-state index contributed by atoms with van der Waals surface area (Å²) >= 11 is 9.20. The molecule has 0 N–H and O–H groups in total. The van der Waals surface area contributed by atoms with E-state index in [-0.39, 0.29) is 0 Å². The largest absolute Gasteiger partial charge is 0.236 e. The van der Waals surface area contributed by atoms with Crippen molar-refractivity contribution in [2.75, 3.05) is 5.33 Å².